The van der Waals surface area contributed by atoms with Crippen LogP contribution >= 0.6 is 11.6 Å². The lowest BCUT2D eigenvalue weighted by Crippen LogP contribution is -2.20. The van der Waals surface area contributed by atoms with Crippen molar-refractivity contribution in [2.24, 2.45) is 4.99 Å². The highest BCUT2D eigenvalue weighted by Gasteiger charge is 2.30. The molecule has 1 atom stereocenters. The van der Waals surface area contributed by atoms with Gasteiger partial charge in [-0.2, -0.15) is 0 Å². The van der Waals surface area contributed by atoms with E-state index in [0.29, 0.717) is 11.6 Å². The van der Waals surface area contributed by atoms with Gasteiger partial charge in [-0.25, -0.2) is 9.38 Å². The van der Waals surface area contributed by atoms with E-state index in [-0.39, 0.29) is 5.82 Å². The van der Waals surface area contributed by atoms with Crippen molar-refractivity contribution in [3.8, 4) is 0 Å². The normalized spacial score (nSPS) is 25.1. The molecule has 14 heavy (non-hydrogen) atoms. The number of benzene rings is 1. The fourth-order valence-electron chi connectivity index (χ4n) is 1.41. The van der Waals surface area contributed by atoms with Crippen LogP contribution in [0, 0.1) is 5.82 Å². The third kappa shape index (κ3) is 1.60. The van der Waals surface area contributed by atoms with Gasteiger partial charge in [-0.15, -0.1) is 0 Å². The lowest BCUT2D eigenvalue weighted by molar-refractivity contribution is 0.276. The van der Waals surface area contributed by atoms with Gasteiger partial charge < -0.3 is 4.74 Å². The van der Waals surface area contributed by atoms with E-state index in [9.17, 15) is 4.39 Å². The van der Waals surface area contributed by atoms with Gasteiger partial charge in [0.05, 0.1) is 0 Å². The zero-order chi connectivity index (χ0) is 10.2. The summed E-state index contributed by atoms with van der Waals surface area (Å²) in [7, 11) is 0. The topological polar surface area (TPSA) is 21.6 Å². The Labute approximate surface area is 86.4 Å². The molecule has 0 saturated heterocycles. The molecule has 0 saturated carbocycles. The zero-order valence-corrected chi connectivity index (χ0v) is 8.38. The maximum Gasteiger partial charge on any atom is 0.170 e. The zero-order valence-electron chi connectivity index (χ0n) is 7.63. The SMILES string of the molecule is CC1(c2cc(F)cc(Cl)c2)COC=N1. The predicted molar refractivity (Wildman–Crippen MR) is 53.2 cm³/mol. The van der Waals surface area contributed by atoms with Crippen LogP contribution in [-0.2, 0) is 10.3 Å². The van der Waals surface area contributed by atoms with Gasteiger partial charge in [0.2, 0.25) is 0 Å². The molecule has 2 nitrogen and oxygen atoms in total. The van der Waals surface area contributed by atoms with Crippen LogP contribution in [0.1, 0.15) is 12.5 Å². The number of halogens is 2. The Hall–Kier alpha value is -1.09. The quantitative estimate of drug-likeness (QED) is 0.703. The molecule has 0 amide bonds. The van der Waals surface area contributed by atoms with Crippen LogP contribution in [0.2, 0.25) is 5.02 Å². The Morgan fingerprint density at radius 2 is 2.29 bits per heavy atom. The average Bonchev–Trinajstić information content (AvgIpc) is 2.52. The molecule has 0 radical (unpaired) electrons. The Morgan fingerprint density at radius 3 is 2.86 bits per heavy atom. The van der Waals surface area contributed by atoms with E-state index >= 15 is 0 Å². The second-order valence-corrected chi connectivity index (χ2v) is 3.91. The van der Waals surface area contributed by atoms with Crippen molar-refractivity contribution in [2.75, 3.05) is 6.61 Å². The molecule has 2 rings (SSSR count). The maximum absolute atomic E-state index is 13.1. The number of rotatable bonds is 1. The molecule has 4 heteroatoms. The van der Waals surface area contributed by atoms with Gasteiger partial charge in [-0.05, 0) is 30.7 Å². The summed E-state index contributed by atoms with van der Waals surface area (Å²) in [6.45, 7) is 2.30. The third-order valence-corrected chi connectivity index (χ3v) is 2.48. The number of ether oxygens (including phenoxy) is 1. The second-order valence-electron chi connectivity index (χ2n) is 3.48. The number of hydrogen-bond donors (Lipinski definition) is 0. The van der Waals surface area contributed by atoms with Gasteiger partial charge in [-0.1, -0.05) is 11.6 Å². The second kappa shape index (κ2) is 3.24. The van der Waals surface area contributed by atoms with Crippen molar-refractivity contribution in [1.29, 1.82) is 0 Å². The molecule has 1 aromatic rings. The summed E-state index contributed by atoms with van der Waals surface area (Å²) < 4.78 is 18.1. The predicted octanol–water partition coefficient (Wildman–Crippen LogP) is 2.75. The molecular formula is C10H9ClFNO. The van der Waals surface area contributed by atoms with E-state index in [1.54, 1.807) is 6.07 Å². The maximum atomic E-state index is 13.1. The van der Waals surface area contributed by atoms with E-state index in [4.69, 9.17) is 16.3 Å². The van der Waals surface area contributed by atoms with Crippen LogP contribution in [0.15, 0.2) is 23.2 Å². The number of aliphatic imine (C=N–C) groups is 1. The van der Waals surface area contributed by atoms with Gasteiger partial charge in [0, 0.05) is 5.02 Å². The summed E-state index contributed by atoms with van der Waals surface area (Å²) in [5, 5.41) is 0.378. The van der Waals surface area contributed by atoms with Crippen molar-refractivity contribution >= 4 is 18.0 Å². The van der Waals surface area contributed by atoms with Crippen LogP contribution in [0.4, 0.5) is 4.39 Å². The first-order valence-electron chi connectivity index (χ1n) is 4.22. The molecular weight excluding hydrogens is 205 g/mol. The highest BCUT2D eigenvalue weighted by molar-refractivity contribution is 6.30. The average molecular weight is 214 g/mol. The summed E-state index contributed by atoms with van der Waals surface area (Å²) >= 11 is 5.76. The third-order valence-electron chi connectivity index (χ3n) is 2.26. The van der Waals surface area contributed by atoms with Crippen molar-refractivity contribution in [3.63, 3.8) is 0 Å². The van der Waals surface area contributed by atoms with E-state index < -0.39 is 5.54 Å². The van der Waals surface area contributed by atoms with Gasteiger partial charge in [-0.3, -0.25) is 0 Å². The first-order valence-corrected chi connectivity index (χ1v) is 4.60. The summed E-state index contributed by atoms with van der Waals surface area (Å²) in [6.07, 6.45) is 1.39. The molecule has 1 heterocycles. The molecule has 0 N–H and O–H groups in total. The van der Waals surface area contributed by atoms with Gasteiger partial charge in [0.1, 0.15) is 18.0 Å². The van der Waals surface area contributed by atoms with Gasteiger partial charge in [0.25, 0.3) is 0 Å². The molecule has 0 aromatic heterocycles. The monoisotopic (exact) mass is 213 g/mol. The molecule has 1 aromatic carbocycles. The van der Waals surface area contributed by atoms with Crippen LogP contribution in [0.25, 0.3) is 0 Å². The Kier molecular flexibility index (Phi) is 2.19. The van der Waals surface area contributed by atoms with E-state index in [0.717, 1.165) is 5.56 Å². The van der Waals surface area contributed by atoms with Crippen LogP contribution < -0.4 is 0 Å². The molecule has 1 unspecified atom stereocenters. The molecule has 0 spiro atoms. The minimum Gasteiger partial charge on any atom is -0.481 e. The summed E-state index contributed by atoms with van der Waals surface area (Å²) in [6, 6.07) is 4.41. The van der Waals surface area contributed by atoms with Crippen LogP contribution in [-0.4, -0.2) is 13.0 Å². The van der Waals surface area contributed by atoms with Crippen molar-refractivity contribution in [2.45, 2.75) is 12.5 Å². The summed E-state index contributed by atoms with van der Waals surface area (Å²) in [4.78, 5) is 4.15. The number of hydrogen-bond acceptors (Lipinski definition) is 2. The first-order chi connectivity index (χ1) is 6.60. The fraction of sp³-hybridized carbons (Fsp3) is 0.300. The Bertz CT molecular complexity index is 373. The van der Waals surface area contributed by atoms with Gasteiger partial charge >= 0.3 is 0 Å². The molecule has 1 aliphatic rings. The standard InChI is InChI=1S/C10H9ClFNO/c1-10(5-14-6-13-10)7-2-8(11)4-9(12)3-7/h2-4,6H,5H2,1H3. The van der Waals surface area contributed by atoms with E-state index in [1.807, 2.05) is 6.92 Å². The minimum atomic E-state index is -0.508. The van der Waals surface area contributed by atoms with Crippen molar-refractivity contribution in [1.82, 2.24) is 0 Å². The van der Waals surface area contributed by atoms with Crippen LogP contribution in [0.3, 0.4) is 0 Å². The number of nitrogens with zero attached hydrogens (tertiary/aromatic N) is 1. The largest absolute Gasteiger partial charge is 0.481 e. The first kappa shape index (κ1) is 9.46. The highest BCUT2D eigenvalue weighted by atomic mass is 35.5. The van der Waals surface area contributed by atoms with E-state index in [2.05, 4.69) is 4.99 Å². The molecule has 0 aliphatic carbocycles. The summed E-state index contributed by atoms with van der Waals surface area (Å²) in [5.41, 5.74) is 0.224. The van der Waals surface area contributed by atoms with Gasteiger partial charge in [0.15, 0.2) is 6.40 Å². The smallest absolute Gasteiger partial charge is 0.170 e. The van der Waals surface area contributed by atoms with E-state index in [1.165, 1.54) is 18.5 Å². The lowest BCUT2D eigenvalue weighted by atomic mass is 9.94. The molecule has 0 fully saturated rings. The van der Waals surface area contributed by atoms with Crippen molar-refractivity contribution in [3.05, 3.63) is 34.6 Å². The molecule has 0 bridgehead atoms. The molecule has 74 valence electrons. The highest BCUT2D eigenvalue weighted by Crippen LogP contribution is 2.30. The fourth-order valence-corrected chi connectivity index (χ4v) is 1.63. The lowest BCUT2D eigenvalue weighted by Gasteiger charge is -2.19. The van der Waals surface area contributed by atoms with Crippen molar-refractivity contribution < 1.29 is 9.13 Å². The minimum absolute atomic E-state index is 0.351. The Balaban J connectivity index is 2.45. The molecule has 1 aliphatic heterocycles. The van der Waals surface area contributed by atoms with Crippen LogP contribution in [0.5, 0.6) is 0 Å². The summed E-state index contributed by atoms with van der Waals surface area (Å²) in [5.74, 6) is -0.351. The Morgan fingerprint density at radius 1 is 1.50 bits per heavy atom.